The number of carbonyl (C=O) groups excluding carboxylic acids is 3. The Bertz CT molecular complexity index is 1150. The van der Waals surface area contributed by atoms with E-state index in [2.05, 4.69) is 0 Å². The van der Waals surface area contributed by atoms with Crippen molar-refractivity contribution in [1.29, 1.82) is 0 Å². The quantitative estimate of drug-likeness (QED) is 0.422. The summed E-state index contributed by atoms with van der Waals surface area (Å²) in [5.74, 6) is -0.739. The first-order chi connectivity index (χ1) is 17.8. The van der Waals surface area contributed by atoms with Crippen LogP contribution >= 0.6 is 0 Å². The van der Waals surface area contributed by atoms with Crippen molar-refractivity contribution >= 4 is 17.7 Å². The van der Waals surface area contributed by atoms with E-state index in [0.717, 1.165) is 18.4 Å². The second-order valence-electron chi connectivity index (χ2n) is 13.3. The van der Waals surface area contributed by atoms with Crippen molar-refractivity contribution in [2.45, 2.75) is 103 Å². The molecular formula is C30H40O8. The van der Waals surface area contributed by atoms with Gasteiger partial charge in [0.2, 0.25) is 0 Å². The summed E-state index contributed by atoms with van der Waals surface area (Å²) < 4.78 is 17.7. The molecule has 8 nitrogen and oxygen atoms in total. The van der Waals surface area contributed by atoms with E-state index < -0.39 is 40.2 Å². The lowest BCUT2D eigenvalue weighted by molar-refractivity contribution is -0.196. The Morgan fingerprint density at radius 3 is 2.63 bits per heavy atom. The van der Waals surface area contributed by atoms with Crippen LogP contribution in [0.4, 0.5) is 0 Å². The topological polar surface area (TPSA) is 123 Å². The van der Waals surface area contributed by atoms with Gasteiger partial charge in [0.25, 0.3) is 0 Å². The smallest absolute Gasteiger partial charge is 0.334 e. The molecule has 6 rings (SSSR count). The molecule has 0 aromatic rings. The third-order valence-electron chi connectivity index (χ3n) is 11.9. The highest BCUT2D eigenvalue weighted by Crippen LogP contribution is 2.73. The molecule has 6 aliphatic rings. The zero-order valence-corrected chi connectivity index (χ0v) is 23.0. The molecule has 0 aromatic heterocycles. The SMILES string of the molecule is CC(=O)OCC12CCC3C(CC4OC45C(O)C=CC(=O)C35C)C1CCC2C(C)(O)C1CC(C)=C(C)C(=O)O1. The molecule has 0 bridgehead atoms. The number of ether oxygens (including phenoxy) is 3. The van der Waals surface area contributed by atoms with Crippen LogP contribution in [0.2, 0.25) is 0 Å². The first-order valence-electron chi connectivity index (χ1n) is 14.1. The highest BCUT2D eigenvalue weighted by atomic mass is 16.6. The molecule has 3 saturated carbocycles. The van der Waals surface area contributed by atoms with Crippen molar-refractivity contribution in [2.24, 2.45) is 34.5 Å². The third kappa shape index (κ3) is 3.17. The van der Waals surface area contributed by atoms with Gasteiger partial charge >= 0.3 is 11.9 Å². The fourth-order valence-corrected chi connectivity index (χ4v) is 9.80. The van der Waals surface area contributed by atoms with E-state index in [1.54, 1.807) is 19.9 Å². The van der Waals surface area contributed by atoms with E-state index in [-0.39, 0.29) is 48.1 Å². The fraction of sp³-hybridized carbons (Fsp3) is 0.767. The summed E-state index contributed by atoms with van der Waals surface area (Å²) in [5, 5.41) is 23.1. The van der Waals surface area contributed by atoms with Gasteiger partial charge in [0.1, 0.15) is 23.4 Å². The highest BCUT2D eigenvalue weighted by molar-refractivity contribution is 5.98. The fourth-order valence-electron chi connectivity index (χ4n) is 9.80. The van der Waals surface area contributed by atoms with Gasteiger partial charge in [0.05, 0.1) is 18.1 Å². The molecule has 4 fully saturated rings. The molecule has 11 unspecified atom stereocenters. The van der Waals surface area contributed by atoms with Crippen LogP contribution in [0, 0.1) is 34.5 Å². The van der Waals surface area contributed by atoms with Gasteiger partial charge in [-0.05, 0) is 89.7 Å². The first-order valence-corrected chi connectivity index (χ1v) is 14.1. The van der Waals surface area contributed by atoms with Gasteiger partial charge in [0.15, 0.2) is 5.78 Å². The Hall–Kier alpha value is -2.03. The lowest BCUT2D eigenvalue weighted by Crippen LogP contribution is -2.65. The average Bonchev–Trinajstić information content (AvgIpc) is 3.47. The predicted octanol–water partition coefficient (Wildman–Crippen LogP) is 3.04. The van der Waals surface area contributed by atoms with Crippen molar-refractivity contribution in [2.75, 3.05) is 6.61 Å². The van der Waals surface area contributed by atoms with Gasteiger partial charge in [-0.3, -0.25) is 9.59 Å². The molecule has 0 amide bonds. The summed E-state index contributed by atoms with van der Waals surface area (Å²) in [6.07, 6.45) is 5.53. The molecule has 2 N–H and O–H groups in total. The number of carbonyl (C=O) groups is 3. The number of cyclic esters (lactones) is 1. The number of allylic oxidation sites excluding steroid dienone is 1. The van der Waals surface area contributed by atoms with E-state index >= 15 is 0 Å². The van der Waals surface area contributed by atoms with Crippen molar-refractivity contribution in [3.05, 3.63) is 23.3 Å². The largest absolute Gasteiger partial charge is 0.465 e. The standard InChI is InChI=1S/C30H40O8/c1-15-12-24(37-26(34)16(15)2)28(5,35)21-7-6-20-18-13-25-30(38-25)23(33)9-8-22(32)27(30,4)19(18)10-11-29(20,21)14-36-17(3)31/h8-9,18-21,23-25,33,35H,6-7,10-14H2,1-5H3. The second kappa shape index (κ2) is 8.24. The van der Waals surface area contributed by atoms with Gasteiger partial charge in [-0.1, -0.05) is 5.57 Å². The number of fused-ring (bicyclic) bond motifs is 4. The second-order valence-corrected chi connectivity index (χ2v) is 13.3. The zero-order chi connectivity index (χ0) is 27.4. The van der Waals surface area contributed by atoms with Crippen molar-refractivity contribution < 1.29 is 38.8 Å². The number of ketones is 1. The van der Waals surface area contributed by atoms with Crippen molar-refractivity contribution in [3.63, 3.8) is 0 Å². The van der Waals surface area contributed by atoms with Gasteiger partial charge in [-0.15, -0.1) is 0 Å². The molecule has 4 aliphatic carbocycles. The lowest BCUT2D eigenvalue weighted by Gasteiger charge is -2.59. The molecule has 2 heterocycles. The van der Waals surface area contributed by atoms with Crippen LogP contribution in [0.25, 0.3) is 0 Å². The minimum Gasteiger partial charge on any atom is -0.465 e. The number of rotatable bonds is 4. The third-order valence-corrected chi connectivity index (χ3v) is 11.9. The predicted molar refractivity (Wildman–Crippen MR) is 135 cm³/mol. The van der Waals surface area contributed by atoms with E-state index in [1.807, 2.05) is 13.8 Å². The summed E-state index contributed by atoms with van der Waals surface area (Å²) in [5.41, 5.74) is -1.99. The van der Waals surface area contributed by atoms with E-state index in [1.165, 1.54) is 13.0 Å². The average molecular weight is 529 g/mol. The van der Waals surface area contributed by atoms with Crippen LogP contribution in [0.3, 0.4) is 0 Å². The summed E-state index contributed by atoms with van der Waals surface area (Å²) >= 11 is 0. The van der Waals surface area contributed by atoms with Gasteiger partial charge in [-0.25, -0.2) is 4.79 Å². The van der Waals surface area contributed by atoms with Crippen LogP contribution in [0.1, 0.15) is 73.1 Å². The molecule has 0 aromatic carbocycles. The molecule has 8 heteroatoms. The van der Waals surface area contributed by atoms with Crippen LogP contribution in [0.5, 0.6) is 0 Å². The maximum absolute atomic E-state index is 13.4. The normalized spacial score (nSPS) is 48.8. The molecule has 11 atom stereocenters. The van der Waals surface area contributed by atoms with Crippen LogP contribution in [-0.2, 0) is 28.6 Å². The monoisotopic (exact) mass is 528 g/mol. The molecular weight excluding hydrogens is 488 g/mol. The number of epoxide rings is 1. The minimum absolute atomic E-state index is 0.0146. The van der Waals surface area contributed by atoms with Crippen LogP contribution < -0.4 is 0 Å². The van der Waals surface area contributed by atoms with E-state index in [4.69, 9.17) is 14.2 Å². The zero-order valence-electron chi connectivity index (χ0n) is 23.0. The number of esters is 2. The van der Waals surface area contributed by atoms with Gasteiger partial charge in [-0.2, -0.15) is 0 Å². The molecule has 38 heavy (non-hydrogen) atoms. The van der Waals surface area contributed by atoms with Crippen LogP contribution in [0.15, 0.2) is 23.3 Å². The summed E-state index contributed by atoms with van der Waals surface area (Å²) in [7, 11) is 0. The molecule has 0 radical (unpaired) electrons. The maximum Gasteiger partial charge on any atom is 0.334 e. The lowest BCUT2D eigenvalue weighted by atomic mass is 9.44. The summed E-state index contributed by atoms with van der Waals surface area (Å²) in [4.78, 5) is 38.1. The minimum atomic E-state index is -1.32. The Morgan fingerprint density at radius 1 is 1.21 bits per heavy atom. The number of hydrogen-bond donors (Lipinski definition) is 2. The summed E-state index contributed by atoms with van der Waals surface area (Å²) in [6.45, 7) is 9.00. The van der Waals surface area contributed by atoms with E-state index in [9.17, 15) is 24.6 Å². The number of aliphatic hydroxyl groups is 2. The Kier molecular flexibility index (Phi) is 5.68. The number of aliphatic hydroxyl groups excluding tert-OH is 1. The Morgan fingerprint density at radius 2 is 1.95 bits per heavy atom. The van der Waals surface area contributed by atoms with Crippen LogP contribution in [-0.4, -0.2) is 64.1 Å². The van der Waals surface area contributed by atoms with Gasteiger partial charge < -0.3 is 24.4 Å². The highest BCUT2D eigenvalue weighted by Gasteiger charge is 2.80. The molecule has 1 spiro atoms. The molecule has 2 aliphatic heterocycles. The Labute approximate surface area is 223 Å². The molecule has 1 saturated heterocycles. The molecule has 208 valence electrons. The van der Waals surface area contributed by atoms with Gasteiger partial charge in [0, 0.05) is 30.3 Å². The van der Waals surface area contributed by atoms with Crippen molar-refractivity contribution in [3.8, 4) is 0 Å². The van der Waals surface area contributed by atoms with Crippen molar-refractivity contribution in [1.82, 2.24) is 0 Å². The maximum atomic E-state index is 13.4. The van der Waals surface area contributed by atoms with E-state index in [0.29, 0.717) is 31.3 Å². The summed E-state index contributed by atoms with van der Waals surface area (Å²) in [6, 6.07) is 0. The first kappa shape index (κ1) is 26.2. The number of hydrogen-bond acceptors (Lipinski definition) is 8. The Balaban J connectivity index is 1.37.